The molecule has 0 aromatic carbocycles. The average Bonchev–Trinajstić information content (AvgIpc) is 2.61. The molecule has 0 bridgehead atoms. The van der Waals surface area contributed by atoms with Crippen molar-refractivity contribution in [3.63, 3.8) is 0 Å². The first kappa shape index (κ1) is 10.2. The fourth-order valence-corrected chi connectivity index (χ4v) is 2.15. The van der Waals surface area contributed by atoms with Crippen molar-refractivity contribution < 1.29 is 14.6 Å². The number of rotatable bonds is 2. The molecule has 0 spiro atoms. The Balaban J connectivity index is 2.32. The zero-order valence-corrected chi connectivity index (χ0v) is 8.77. The largest absolute Gasteiger partial charge is 0.477 e. The van der Waals surface area contributed by atoms with Gasteiger partial charge in [0.2, 0.25) is 0 Å². The van der Waals surface area contributed by atoms with Crippen LogP contribution in [0.25, 0.3) is 0 Å². The molecule has 4 nitrogen and oxygen atoms in total. The summed E-state index contributed by atoms with van der Waals surface area (Å²) in [4.78, 5) is 11.0. The molecule has 1 N–H and O–H groups in total. The van der Waals surface area contributed by atoms with Crippen LogP contribution >= 0.6 is 0 Å². The molecule has 1 saturated heterocycles. The van der Waals surface area contributed by atoms with Crippen LogP contribution in [0.3, 0.4) is 0 Å². The molecular formula is C11H15NO3. The standard InChI is InChI=1S/C11H15NO3/c1-8-2-3-10(11(13)14)12(8)9-4-6-15-7-5-9/h2-3,9H,4-7H2,1H3,(H,13,14). The van der Waals surface area contributed by atoms with Gasteiger partial charge in [-0.05, 0) is 31.9 Å². The number of aromatic nitrogens is 1. The van der Waals surface area contributed by atoms with Crippen molar-refractivity contribution in [2.45, 2.75) is 25.8 Å². The molecule has 0 saturated carbocycles. The Bertz CT molecular complexity index is 364. The average molecular weight is 209 g/mol. The molecule has 2 heterocycles. The fraction of sp³-hybridized carbons (Fsp3) is 0.545. The molecular weight excluding hydrogens is 194 g/mol. The van der Waals surface area contributed by atoms with E-state index in [4.69, 9.17) is 9.84 Å². The second-order valence-corrected chi connectivity index (χ2v) is 3.88. The smallest absolute Gasteiger partial charge is 0.352 e. The van der Waals surface area contributed by atoms with E-state index in [1.54, 1.807) is 6.07 Å². The van der Waals surface area contributed by atoms with Gasteiger partial charge in [-0.25, -0.2) is 4.79 Å². The molecule has 0 atom stereocenters. The van der Waals surface area contributed by atoms with Crippen LogP contribution in [-0.4, -0.2) is 28.9 Å². The minimum absolute atomic E-state index is 0.278. The van der Waals surface area contributed by atoms with Gasteiger partial charge in [0.1, 0.15) is 5.69 Å². The minimum Gasteiger partial charge on any atom is -0.477 e. The first-order chi connectivity index (χ1) is 7.20. The number of ether oxygens (including phenoxy) is 1. The number of nitrogens with zero attached hydrogens (tertiary/aromatic N) is 1. The summed E-state index contributed by atoms with van der Waals surface area (Å²) in [5.41, 5.74) is 1.40. The van der Waals surface area contributed by atoms with Crippen LogP contribution in [0, 0.1) is 6.92 Å². The molecule has 1 fully saturated rings. The van der Waals surface area contributed by atoms with Gasteiger partial charge in [-0.1, -0.05) is 0 Å². The van der Waals surface area contributed by atoms with Gasteiger partial charge in [-0.3, -0.25) is 0 Å². The molecule has 15 heavy (non-hydrogen) atoms. The van der Waals surface area contributed by atoms with E-state index in [1.165, 1.54) is 0 Å². The van der Waals surface area contributed by atoms with Crippen LogP contribution in [0.2, 0.25) is 0 Å². The molecule has 82 valence electrons. The van der Waals surface area contributed by atoms with Gasteiger partial charge in [0.15, 0.2) is 0 Å². The number of aryl methyl sites for hydroxylation is 1. The first-order valence-corrected chi connectivity index (χ1v) is 5.19. The van der Waals surface area contributed by atoms with Crippen LogP contribution in [0.4, 0.5) is 0 Å². The van der Waals surface area contributed by atoms with Gasteiger partial charge in [-0.15, -0.1) is 0 Å². The molecule has 0 radical (unpaired) electrons. The van der Waals surface area contributed by atoms with Gasteiger partial charge in [-0.2, -0.15) is 0 Å². The Labute approximate surface area is 88.5 Å². The van der Waals surface area contributed by atoms with Gasteiger partial charge in [0.05, 0.1) is 0 Å². The molecule has 0 unspecified atom stereocenters. The Morgan fingerprint density at radius 2 is 2.13 bits per heavy atom. The third kappa shape index (κ3) is 1.90. The topological polar surface area (TPSA) is 51.5 Å². The van der Waals surface area contributed by atoms with Gasteiger partial charge >= 0.3 is 5.97 Å². The maximum Gasteiger partial charge on any atom is 0.352 e. The predicted octanol–water partition coefficient (Wildman–Crippen LogP) is 1.85. The first-order valence-electron chi connectivity index (χ1n) is 5.19. The quantitative estimate of drug-likeness (QED) is 0.808. The van der Waals surface area contributed by atoms with Gasteiger partial charge in [0, 0.05) is 24.9 Å². The molecule has 1 aromatic rings. The maximum atomic E-state index is 11.0. The summed E-state index contributed by atoms with van der Waals surface area (Å²) in [6.07, 6.45) is 1.80. The van der Waals surface area contributed by atoms with Crippen molar-refractivity contribution in [2.75, 3.05) is 13.2 Å². The lowest BCUT2D eigenvalue weighted by atomic mass is 10.1. The van der Waals surface area contributed by atoms with Crippen LogP contribution in [0.15, 0.2) is 12.1 Å². The number of aromatic carboxylic acids is 1. The fourth-order valence-electron chi connectivity index (χ4n) is 2.15. The second kappa shape index (κ2) is 4.06. The summed E-state index contributed by atoms with van der Waals surface area (Å²) in [7, 11) is 0. The zero-order valence-electron chi connectivity index (χ0n) is 8.77. The number of carbonyl (C=O) groups is 1. The number of carboxylic acids is 1. The summed E-state index contributed by atoms with van der Waals surface area (Å²) >= 11 is 0. The SMILES string of the molecule is Cc1ccc(C(=O)O)n1C1CCOCC1. The molecule has 2 rings (SSSR count). The second-order valence-electron chi connectivity index (χ2n) is 3.88. The highest BCUT2D eigenvalue weighted by Gasteiger charge is 2.21. The molecule has 0 amide bonds. The minimum atomic E-state index is -0.852. The van der Waals surface area contributed by atoms with Gasteiger partial charge < -0.3 is 14.4 Å². The number of hydrogen-bond donors (Lipinski definition) is 1. The van der Waals surface area contributed by atoms with Crippen LogP contribution in [0.1, 0.15) is 35.1 Å². The Morgan fingerprint density at radius 3 is 2.73 bits per heavy atom. The lowest BCUT2D eigenvalue weighted by Crippen LogP contribution is -2.23. The normalized spacial score (nSPS) is 17.9. The van der Waals surface area contributed by atoms with Crippen molar-refractivity contribution in [1.82, 2.24) is 4.57 Å². The summed E-state index contributed by atoms with van der Waals surface area (Å²) in [5, 5.41) is 9.06. The molecule has 0 aliphatic carbocycles. The van der Waals surface area contributed by atoms with E-state index in [2.05, 4.69) is 0 Å². The summed E-state index contributed by atoms with van der Waals surface area (Å²) in [5.74, 6) is -0.852. The van der Waals surface area contributed by atoms with Crippen molar-refractivity contribution in [2.24, 2.45) is 0 Å². The van der Waals surface area contributed by atoms with Crippen LogP contribution in [0.5, 0.6) is 0 Å². The highest BCUT2D eigenvalue weighted by Crippen LogP contribution is 2.25. The van der Waals surface area contributed by atoms with Crippen molar-refractivity contribution in [1.29, 1.82) is 0 Å². The van der Waals surface area contributed by atoms with E-state index in [0.717, 1.165) is 31.7 Å². The Morgan fingerprint density at radius 1 is 1.47 bits per heavy atom. The van der Waals surface area contributed by atoms with Crippen molar-refractivity contribution in [3.8, 4) is 0 Å². The Hall–Kier alpha value is -1.29. The lowest BCUT2D eigenvalue weighted by Gasteiger charge is -2.26. The molecule has 4 heteroatoms. The van der Waals surface area contributed by atoms with E-state index < -0.39 is 5.97 Å². The van der Waals surface area contributed by atoms with Crippen molar-refractivity contribution in [3.05, 3.63) is 23.5 Å². The third-order valence-electron chi connectivity index (χ3n) is 2.90. The Kier molecular flexibility index (Phi) is 2.77. The monoisotopic (exact) mass is 209 g/mol. The van der Waals surface area contributed by atoms with Crippen LogP contribution in [-0.2, 0) is 4.74 Å². The summed E-state index contributed by atoms with van der Waals surface area (Å²) in [6, 6.07) is 3.81. The van der Waals surface area contributed by atoms with E-state index in [-0.39, 0.29) is 6.04 Å². The summed E-state index contributed by atoms with van der Waals surface area (Å²) < 4.78 is 7.20. The molecule has 1 aliphatic heterocycles. The zero-order chi connectivity index (χ0) is 10.8. The highest BCUT2D eigenvalue weighted by atomic mass is 16.5. The van der Waals surface area contributed by atoms with Crippen molar-refractivity contribution >= 4 is 5.97 Å². The number of carboxylic acid groups (broad SMARTS) is 1. The summed E-state index contributed by atoms with van der Waals surface area (Å²) in [6.45, 7) is 3.39. The molecule has 1 aliphatic rings. The van der Waals surface area contributed by atoms with Gasteiger partial charge in [0.25, 0.3) is 0 Å². The van der Waals surface area contributed by atoms with E-state index >= 15 is 0 Å². The molecule has 1 aromatic heterocycles. The highest BCUT2D eigenvalue weighted by molar-refractivity contribution is 5.86. The van der Waals surface area contributed by atoms with Crippen LogP contribution < -0.4 is 0 Å². The lowest BCUT2D eigenvalue weighted by molar-refractivity contribution is 0.0605. The van der Waals surface area contributed by atoms with E-state index in [9.17, 15) is 4.79 Å². The van der Waals surface area contributed by atoms with E-state index in [1.807, 2.05) is 17.6 Å². The third-order valence-corrected chi connectivity index (χ3v) is 2.90. The number of hydrogen-bond acceptors (Lipinski definition) is 2. The maximum absolute atomic E-state index is 11.0. The van der Waals surface area contributed by atoms with E-state index in [0.29, 0.717) is 5.69 Å². The predicted molar refractivity (Wildman–Crippen MR) is 55.2 cm³/mol.